The Morgan fingerprint density at radius 3 is 2.81 bits per heavy atom. The van der Waals surface area contributed by atoms with Crippen LogP contribution in [0.15, 0.2) is 35.3 Å². The molecule has 1 aliphatic heterocycles. The summed E-state index contributed by atoms with van der Waals surface area (Å²) in [6, 6.07) is 7.42. The van der Waals surface area contributed by atoms with Crippen molar-refractivity contribution in [3.63, 3.8) is 0 Å². The van der Waals surface area contributed by atoms with Gasteiger partial charge in [0.2, 0.25) is 0 Å². The molecule has 0 aliphatic carbocycles. The minimum atomic E-state index is -0.570. The second kappa shape index (κ2) is 8.75. The Hall–Kier alpha value is -2.58. The number of hydrogen-bond donors (Lipinski definition) is 2. The number of halogens is 1. The van der Waals surface area contributed by atoms with E-state index in [2.05, 4.69) is 9.97 Å². The van der Waals surface area contributed by atoms with Crippen molar-refractivity contribution in [3.05, 3.63) is 61.7 Å². The molecule has 4 rings (SSSR count). The number of aromatic nitrogens is 3. The molecule has 0 spiro atoms. The van der Waals surface area contributed by atoms with Crippen LogP contribution in [0.4, 0.5) is 4.79 Å². The molecule has 9 heteroatoms. The van der Waals surface area contributed by atoms with Crippen molar-refractivity contribution < 1.29 is 9.53 Å². The van der Waals surface area contributed by atoms with Gasteiger partial charge in [0.1, 0.15) is 11.1 Å². The van der Waals surface area contributed by atoms with Crippen LogP contribution in [-0.4, -0.2) is 37.7 Å². The molecule has 0 radical (unpaired) electrons. The Kier molecular flexibility index (Phi) is 6.18. The summed E-state index contributed by atoms with van der Waals surface area (Å²) >= 11 is 11.9. The maximum atomic E-state index is 13.0. The highest BCUT2D eigenvalue weighted by Gasteiger charge is 2.32. The van der Waals surface area contributed by atoms with Crippen LogP contribution in [0, 0.1) is 4.77 Å². The summed E-state index contributed by atoms with van der Waals surface area (Å²) in [5, 5.41) is 0.607. The van der Waals surface area contributed by atoms with Gasteiger partial charge in [0.05, 0.1) is 18.1 Å². The summed E-state index contributed by atoms with van der Waals surface area (Å²) in [7, 11) is 0. The molecular formula is C23H27ClN4O3S. The van der Waals surface area contributed by atoms with Crippen molar-refractivity contribution >= 4 is 40.9 Å². The lowest BCUT2D eigenvalue weighted by atomic mass is 9.92. The molecule has 1 aliphatic rings. The number of piperidine rings is 1. The van der Waals surface area contributed by atoms with E-state index < -0.39 is 5.60 Å². The van der Waals surface area contributed by atoms with Crippen molar-refractivity contribution in [2.75, 3.05) is 6.54 Å². The normalized spacial score (nSPS) is 17.0. The number of ether oxygens (including phenoxy) is 1. The number of nitrogens with zero attached hydrogens (tertiary/aromatic N) is 2. The standard InChI is InChI=1S/C23H27ClN4O3S/c1-23(2,3)31-22(30)27-11-5-4-6-17(27)16-12-15(24)8-7-14(16)13-28-18-9-10-25-19(18)20(29)26-21(28)32/h7-10,12,17,25H,4-6,11,13H2,1-3H3,(H,26,29,32). The maximum absolute atomic E-state index is 13.0. The fourth-order valence-electron chi connectivity index (χ4n) is 4.25. The molecule has 3 aromatic rings. The highest BCUT2D eigenvalue weighted by Crippen LogP contribution is 2.36. The second-order valence-corrected chi connectivity index (χ2v) is 9.93. The van der Waals surface area contributed by atoms with Gasteiger partial charge >= 0.3 is 6.09 Å². The van der Waals surface area contributed by atoms with Crippen molar-refractivity contribution in [1.82, 2.24) is 19.4 Å². The predicted octanol–water partition coefficient (Wildman–Crippen LogP) is 5.55. The first kappa shape index (κ1) is 22.6. The summed E-state index contributed by atoms with van der Waals surface area (Å²) in [6.07, 6.45) is 4.17. The van der Waals surface area contributed by atoms with Crippen LogP contribution < -0.4 is 5.56 Å². The first-order valence-electron chi connectivity index (χ1n) is 10.7. The quantitative estimate of drug-likeness (QED) is 0.487. The number of benzene rings is 1. The Morgan fingerprint density at radius 2 is 2.06 bits per heavy atom. The Morgan fingerprint density at radius 1 is 1.28 bits per heavy atom. The van der Waals surface area contributed by atoms with Gasteiger partial charge in [0.15, 0.2) is 4.77 Å². The van der Waals surface area contributed by atoms with Gasteiger partial charge < -0.3 is 19.2 Å². The summed E-state index contributed by atoms with van der Waals surface area (Å²) in [5.41, 5.74) is 2.35. The van der Waals surface area contributed by atoms with E-state index in [1.165, 1.54) is 0 Å². The summed E-state index contributed by atoms with van der Waals surface area (Å²) < 4.78 is 7.91. The molecular weight excluding hydrogens is 448 g/mol. The van der Waals surface area contributed by atoms with E-state index >= 15 is 0 Å². The van der Waals surface area contributed by atoms with Crippen LogP contribution in [0.2, 0.25) is 5.02 Å². The molecule has 32 heavy (non-hydrogen) atoms. The van der Waals surface area contributed by atoms with Crippen LogP contribution in [0.3, 0.4) is 0 Å². The number of fused-ring (bicyclic) bond motifs is 1. The minimum Gasteiger partial charge on any atom is -0.444 e. The highest BCUT2D eigenvalue weighted by atomic mass is 35.5. The average Bonchev–Trinajstić information content (AvgIpc) is 3.21. The van der Waals surface area contributed by atoms with Gasteiger partial charge in [-0.05, 0) is 81.6 Å². The first-order chi connectivity index (χ1) is 15.1. The van der Waals surface area contributed by atoms with Crippen molar-refractivity contribution in [2.24, 2.45) is 0 Å². The van der Waals surface area contributed by atoms with Crippen LogP contribution in [0.25, 0.3) is 11.0 Å². The zero-order valence-corrected chi connectivity index (χ0v) is 20.0. The highest BCUT2D eigenvalue weighted by molar-refractivity contribution is 7.71. The minimum absolute atomic E-state index is 0.147. The zero-order valence-electron chi connectivity index (χ0n) is 18.4. The Labute approximate surface area is 196 Å². The molecule has 1 amide bonds. The number of rotatable bonds is 3. The molecule has 1 saturated heterocycles. The van der Waals surface area contributed by atoms with Crippen LogP contribution in [0.5, 0.6) is 0 Å². The Balaban J connectivity index is 1.76. The van der Waals surface area contributed by atoms with E-state index in [4.69, 9.17) is 28.6 Å². The van der Waals surface area contributed by atoms with Crippen molar-refractivity contribution in [1.29, 1.82) is 0 Å². The molecule has 1 fully saturated rings. The molecule has 1 unspecified atom stereocenters. The molecule has 0 saturated carbocycles. The number of carbonyl (C=O) groups excluding carboxylic acids is 1. The SMILES string of the molecule is CC(C)(C)OC(=O)N1CCCCC1c1cc(Cl)ccc1Cn1c(=S)[nH]c(=O)c2[nH]ccc21. The third-order valence-electron chi connectivity index (χ3n) is 5.63. The van der Waals surface area contributed by atoms with Gasteiger partial charge in [-0.1, -0.05) is 17.7 Å². The van der Waals surface area contributed by atoms with Gasteiger partial charge in [-0.15, -0.1) is 0 Å². The van der Waals surface area contributed by atoms with E-state index in [0.717, 1.165) is 35.9 Å². The molecule has 2 aromatic heterocycles. The number of nitrogens with one attached hydrogen (secondary N) is 2. The Bertz CT molecular complexity index is 1270. The average molecular weight is 475 g/mol. The number of aromatic amines is 2. The lowest BCUT2D eigenvalue weighted by molar-refractivity contribution is 0.00941. The number of hydrogen-bond acceptors (Lipinski definition) is 4. The maximum Gasteiger partial charge on any atom is 0.410 e. The van der Waals surface area contributed by atoms with Crippen LogP contribution in [0.1, 0.15) is 57.2 Å². The van der Waals surface area contributed by atoms with E-state index in [-0.39, 0.29) is 17.7 Å². The summed E-state index contributed by atoms with van der Waals surface area (Å²) in [6.45, 7) is 6.68. The number of carbonyl (C=O) groups is 1. The van der Waals surface area contributed by atoms with E-state index in [0.29, 0.717) is 28.4 Å². The van der Waals surface area contributed by atoms with Gasteiger partial charge in [-0.25, -0.2) is 4.79 Å². The van der Waals surface area contributed by atoms with E-state index in [9.17, 15) is 9.59 Å². The topological polar surface area (TPSA) is 83.1 Å². The third-order valence-corrected chi connectivity index (χ3v) is 6.19. The van der Waals surface area contributed by atoms with Gasteiger partial charge in [-0.2, -0.15) is 0 Å². The zero-order chi connectivity index (χ0) is 23.0. The monoisotopic (exact) mass is 474 g/mol. The van der Waals surface area contributed by atoms with Gasteiger partial charge in [-0.3, -0.25) is 9.78 Å². The third kappa shape index (κ3) is 4.61. The first-order valence-corrected chi connectivity index (χ1v) is 11.5. The number of amides is 1. The molecule has 170 valence electrons. The van der Waals surface area contributed by atoms with E-state index in [1.807, 2.05) is 54.5 Å². The van der Waals surface area contributed by atoms with Crippen LogP contribution >= 0.6 is 23.8 Å². The number of likely N-dealkylation sites (tertiary alicyclic amines) is 1. The predicted molar refractivity (Wildman–Crippen MR) is 128 cm³/mol. The van der Waals surface area contributed by atoms with Crippen molar-refractivity contribution in [2.45, 2.75) is 58.2 Å². The fraction of sp³-hybridized carbons (Fsp3) is 0.435. The molecule has 0 bridgehead atoms. The van der Waals surface area contributed by atoms with Gasteiger partial charge in [0.25, 0.3) is 5.56 Å². The molecule has 2 N–H and O–H groups in total. The molecule has 1 atom stereocenters. The molecule has 3 heterocycles. The lowest BCUT2D eigenvalue weighted by Crippen LogP contribution is -2.42. The molecule has 1 aromatic carbocycles. The fourth-order valence-corrected chi connectivity index (χ4v) is 4.68. The number of H-pyrrole nitrogens is 2. The second-order valence-electron chi connectivity index (χ2n) is 9.11. The lowest BCUT2D eigenvalue weighted by Gasteiger charge is -2.38. The van der Waals surface area contributed by atoms with Gasteiger partial charge in [0, 0.05) is 17.8 Å². The smallest absolute Gasteiger partial charge is 0.410 e. The largest absolute Gasteiger partial charge is 0.444 e. The molecule has 7 nitrogen and oxygen atoms in total. The summed E-state index contributed by atoms with van der Waals surface area (Å²) in [5.74, 6) is 0. The van der Waals surface area contributed by atoms with Crippen LogP contribution in [-0.2, 0) is 11.3 Å². The van der Waals surface area contributed by atoms with Crippen molar-refractivity contribution in [3.8, 4) is 0 Å². The summed E-state index contributed by atoms with van der Waals surface area (Å²) in [4.78, 5) is 32.7. The van der Waals surface area contributed by atoms with E-state index in [1.54, 1.807) is 6.20 Å².